The maximum atomic E-state index is 13.0. The smallest absolute Gasteiger partial charge is 0.419 e. The predicted molar refractivity (Wildman–Crippen MR) is 139 cm³/mol. The van der Waals surface area contributed by atoms with Crippen LogP contribution >= 0.6 is 0 Å². The quantitative estimate of drug-likeness (QED) is 0.440. The lowest BCUT2D eigenvalue weighted by atomic mass is 9.92. The van der Waals surface area contributed by atoms with Gasteiger partial charge in [-0.2, -0.15) is 5.26 Å². The Bertz CT molecular complexity index is 1280. The molecule has 1 aliphatic heterocycles. The van der Waals surface area contributed by atoms with Crippen molar-refractivity contribution in [3.05, 3.63) is 64.8 Å². The number of carbonyl (C=O) groups excluding carboxylic acids is 1. The molecule has 0 amide bonds. The van der Waals surface area contributed by atoms with Crippen LogP contribution in [0.5, 0.6) is 5.75 Å². The molecule has 1 aliphatic rings. The van der Waals surface area contributed by atoms with Crippen molar-refractivity contribution in [3.8, 4) is 11.8 Å². The van der Waals surface area contributed by atoms with Crippen LogP contribution < -0.4 is 4.74 Å². The van der Waals surface area contributed by atoms with E-state index in [2.05, 4.69) is 11.0 Å². The third-order valence-electron chi connectivity index (χ3n) is 6.80. The van der Waals surface area contributed by atoms with Crippen LogP contribution in [0, 0.1) is 18.3 Å². The second kappa shape index (κ2) is 10.3. The molecule has 1 saturated heterocycles. The molecule has 0 spiro atoms. The van der Waals surface area contributed by atoms with Gasteiger partial charge < -0.3 is 14.2 Å². The van der Waals surface area contributed by atoms with E-state index in [-0.39, 0.29) is 12.1 Å². The average molecular weight is 490 g/mol. The monoisotopic (exact) mass is 489 g/mol. The molecular formula is C29H35N3O4. The number of methoxy groups -OCH3 is 2. The molecule has 7 nitrogen and oxygen atoms in total. The van der Waals surface area contributed by atoms with Crippen LogP contribution in [-0.4, -0.2) is 48.0 Å². The lowest BCUT2D eigenvalue weighted by Crippen LogP contribution is -2.41. The van der Waals surface area contributed by atoms with Gasteiger partial charge in [-0.3, -0.25) is 9.47 Å². The Hall–Kier alpha value is -3.34. The molecule has 2 aromatic carbocycles. The van der Waals surface area contributed by atoms with Gasteiger partial charge in [0.05, 0.1) is 30.4 Å². The topological polar surface area (TPSA) is 76.7 Å². The number of aryl methyl sites for hydroxylation is 1. The largest absolute Gasteiger partial charge is 0.496 e. The van der Waals surface area contributed by atoms with E-state index in [4.69, 9.17) is 14.2 Å². The van der Waals surface area contributed by atoms with Gasteiger partial charge in [-0.05, 0) is 75.9 Å². The second-order valence-electron chi connectivity index (χ2n) is 10.4. The molecule has 1 fully saturated rings. The van der Waals surface area contributed by atoms with Crippen LogP contribution in [0.4, 0.5) is 4.79 Å². The van der Waals surface area contributed by atoms with Crippen LogP contribution in [0.2, 0.25) is 0 Å². The summed E-state index contributed by atoms with van der Waals surface area (Å²) >= 11 is 0. The van der Waals surface area contributed by atoms with E-state index in [9.17, 15) is 10.1 Å². The summed E-state index contributed by atoms with van der Waals surface area (Å²) < 4.78 is 18.8. The fraction of sp³-hybridized carbons (Fsp3) is 0.448. The molecule has 0 N–H and O–H groups in total. The van der Waals surface area contributed by atoms with Gasteiger partial charge in [-0.25, -0.2) is 4.79 Å². The zero-order valence-corrected chi connectivity index (χ0v) is 22.0. The van der Waals surface area contributed by atoms with E-state index >= 15 is 0 Å². The van der Waals surface area contributed by atoms with Gasteiger partial charge in [-0.15, -0.1) is 0 Å². The van der Waals surface area contributed by atoms with Crippen molar-refractivity contribution in [2.24, 2.45) is 0 Å². The molecule has 2 atom stereocenters. The predicted octanol–water partition coefficient (Wildman–Crippen LogP) is 5.97. The van der Waals surface area contributed by atoms with Gasteiger partial charge in [0.25, 0.3) is 0 Å². The summed E-state index contributed by atoms with van der Waals surface area (Å²) in [6.07, 6.45) is 3.43. The molecule has 0 radical (unpaired) electrons. The van der Waals surface area contributed by atoms with E-state index in [1.54, 1.807) is 25.0 Å². The maximum Gasteiger partial charge on any atom is 0.419 e. The number of carbonyl (C=O) groups is 1. The first-order chi connectivity index (χ1) is 17.1. The molecule has 1 aromatic heterocycles. The van der Waals surface area contributed by atoms with Crippen molar-refractivity contribution < 1.29 is 19.0 Å². The highest BCUT2D eigenvalue weighted by Gasteiger charge is 2.31. The number of hydrogen-bond acceptors (Lipinski definition) is 6. The zero-order chi connectivity index (χ0) is 26.0. The number of hydrogen-bond donors (Lipinski definition) is 0. The molecule has 7 heteroatoms. The Kier molecular flexibility index (Phi) is 7.39. The average Bonchev–Trinajstić information content (AvgIpc) is 3.31. The molecule has 0 bridgehead atoms. The first-order valence-electron chi connectivity index (χ1n) is 12.3. The molecule has 2 heterocycles. The van der Waals surface area contributed by atoms with E-state index in [0.29, 0.717) is 12.1 Å². The number of rotatable bonds is 5. The van der Waals surface area contributed by atoms with Gasteiger partial charge in [0.15, 0.2) is 0 Å². The highest BCUT2D eigenvalue weighted by atomic mass is 16.6. The number of likely N-dealkylation sites (tertiary alicyclic amines) is 1. The Labute approximate surface area is 213 Å². The minimum absolute atomic E-state index is 0.137. The fourth-order valence-electron chi connectivity index (χ4n) is 5.11. The molecule has 3 aromatic rings. The lowest BCUT2D eigenvalue weighted by Gasteiger charge is -2.40. The number of fused-ring (bicyclic) bond motifs is 1. The Balaban J connectivity index is 1.76. The summed E-state index contributed by atoms with van der Waals surface area (Å²) in [6, 6.07) is 14.2. The minimum atomic E-state index is -0.589. The van der Waals surface area contributed by atoms with Gasteiger partial charge in [0, 0.05) is 43.4 Å². The zero-order valence-electron chi connectivity index (χ0n) is 22.0. The van der Waals surface area contributed by atoms with Crippen LogP contribution in [0.15, 0.2) is 42.6 Å². The van der Waals surface area contributed by atoms with Crippen molar-refractivity contribution in [1.29, 1.82) is 5.26 Å². The maximum absolute atomic E-state index is 13.0. The van der Waals surface area contributed by atoms with Gasteiger partial charge in [0.1, 0.15) is 11.4 Å². The number of nitrogens with zero attached hydrogens (tertiary/aromatic N) is 3. The van der Waals surface area contributed by atoms with Crippen molar-refractivity contribution >= 4 is 17.0 Å². The van der Waals surface area contributed by atoms with E-state index in [1.165, 1.54) is 5.56 Å². The second-order valence-corrected chi connectivity index (χ2v) is 10.4. The third-order valence-corrected chi connectivity index (χ3v) is 6.80. The normalized spacial score (nSPS) is 18.7. The standard InChI is InChI=1S/C29H35N3O4/c1-19-15-26(35-6)24(23-13-14-32(27(19)23)28(33)36-29(2,3)4)18-31-17-22(34-5)11-12-25(31)21-9-7-20(16-30)8-10-21/h7-10,13-15,22,25H,11-12,17-18H2,1-6H3. The van der Waals surface area contributed by atoms with Gasteiger partial charge in [0.2, 0.25) is 0 Å². The van der Waals surface area contributed by atoms with Crippen LogP contribution in [0.1, 0.15) is 61.9 Å². The summed E-state index contributed by atoms with van der Waals surface area (Å²) in [4.78, 5) is 15.4. The molecule has 0 saturated carbocycles. The van der Waals surface area contributed by atoms with Crippen molar-refractivity contribution in [3.63, 3.8) is 0 Å². The minimum Gasteiger partial charge on any atom is -0.496 e. The highest BCUT2D eigenvalue weighted by Crippen LogP contribution is 2.38. The van der Waals surface area contributed by atoms with E-state index in [1.807, 2.05) is 64.1 Å². The van der Waals surface area contributed by atoms with Crippen LogP contribution in [0.3, 0.4) is 0 Å². The van der Waals surface area contributed by atoms with E-state index < -0.39 is 11.7 Å². The van der Waals surface area contributed by atoms with Crippen molar-refractivity contribution in [1.82, 2.24) is 9.47 Å². The highest BCUT2D eigenvalue weighted by molar-refractivity contribution is 5.95. The van der Waals surface area contributed by atoms with Crippen LogP contribution in [-0.2, 0) is 16.0 Å². The Morgan fingerprint density at radius 2 is 1.86 bits per heavy atom. The van der Waals surface area contributed by atoms with Gasteiger partial charge in [-0.1, -0.05) is 12.1 Å². The van der Waals surface area contributed by atoms with Crippen LogP contribution in [0.25, 0.3) is 10.9 Å². The molecule has 190 valence electrons. The van der Waals surface area contributed by atoms with Crippen molar-refractivity contribution in [2.75, 3.05) is 20.8 Å². The number of nitriles is 1. The molecule has 2 unspecified atom stereocenters. The Morgan fingerprint density at radius 3 is 2.47 bits per heavy atom. The first kappa shape index (κ1) is 25.7. The van der Waals surface area contributed by atoms with Gasteiger partial charge >= 0.3 is 6.09 Å². The SMILES string of the molecule is COc1cc(C)c2c(ccn2C(=O)OC(C)(C)C)c1CN1CC(OC)CCC1c1ccc(C#N)cc1. The molecule has 4 rings (SSSR count). The number of ether oxygens (including phenoxy) is 3. The number of piperidine rings is 1. The lowest BCUT2D eigenvalue weighted by molar-refractivity contribution is 0.000819. The molecule has 36 heavy (non-hydrogen) atoms. The molecular weight excluding hydrogens is 454 g/mol. The van der Waals surface area contributed by atoms with E-state index in [0.717, 1.165) is 47.2 Å². The number of benzene rings is 2. The first-order valence-corrected chi connectivity index (χ1v) is 12.3. The summed E-state index contributed by atoms with van der Waals surface area (Å²) in [5, 5.41) is 10.2. The summed E-state index contributed by atoms with van der Waals surface area (Å²) in [6.45, 7) is 8.98. The Morgan fingerprint density at radius 1 is 1.14 bits per heavy atom. The third kappa shape index (κ3) is 5.25. The summed E-state index contributed by atoms with van der Waals surface area (Å²) in [5.41, 5.74) is 4.04. The fourth-order valence-corrected chi connectivity index (χ4v) is 5.11. The molecule has 0 aliphatic carbocycles. The number of aromatic nitrogens is 1. The summed E-state index contributed by atoms with van der Waals surface area (Å²) in [5.74, 6) is 0.792. The summed E-state index contributed by atoms with van der Waals surface area (Å²) in [7, 11) is 3.44. The van der Waals surface area contributed by atoms with Crippen molar-refractivity contribution in [2.45, 2.75) is 64.8 Å².